The van der Waals surface area contributed by atoms with E-state index in [4.69, 9.17) is 10.2 Å². The van der Waals surface area contributed by atoms with Gasteiger partial charge in [0.15, 0.2) is 0 Å². The maximum Gasteiger partial charge on any atom is 0.417 e. The third kappa shape index (κ3) is 2.65. The summed E-state index contributed by atoms with van der Waals surface area (Å²) in [4.78, 5) is 3.64. The largest absolute Gasteiger partial charge is 0.419 e. The highest BCUT2D eigenvalue weighted by Gasteiger charge is 2.30. The first-order chi connectivity index (χ1) is 8.50. The molecule has 0 saturated heterocycles. The van der Waals surface area contributed by atoms with E-state index in [9.17, 15) is 13.2 Å². The highest BCUT2D eigenvalue weighted by atomic mass is 19.4. The molecule has 0 saturated carbocycles. The Balaban J connectivity index is 2.23. The summed E-state index contributed by atoms with van der Waals surface area (Å²) in [7, 11) is 0. The monoisotopic (exact) mass is 258 g/mol. The lowest BCUT2D eigenvalue weighted by atomic mass is 10.2. The fourth-order valence-corrected chi connectivity index (χ4v) is 1.27. The summed E-state index contributed by atoms with van der Waals surface area (Å²) in [6.07, 6.45) is -3.28. The number of nitrogens with zero attached hydrogens (tertiary/aromatic N) is 3. The first kappa shape index (κ1) is 12.5. The summed E-state index contributed by atoms with van der Waals surface area (Å²) in [5.74, 6) is 0.404. The normalized spacial score (nSPS) is 11.8. The Labute approximate surface area is 99.8 Å². The van der Waals surface area contributed by atoms with Crippen molar-refractivity contribution in [3.63, 3.8) is 0 Å². The second-order valence-corrected chi connectivity index (χ2v) is 3.47. The Kier molecular flexibility index (Phi) is 3.28. The fraction of sp³-hybridized carbons (Fsp3) is 0.300. The molecule has 2 N–H and O–H groups in total. The van der Waals surface area contributed by atoms with Crippen molar-refractivity contribution in [1.82, 2.24) is 15.2 Å². The van der Waals surface area contributed by atoms with Crippen molar-refractivity contribution >= 4 is 0 Å². The molecular formula is C10H9F3N4O. The van der Waals surface area contributed by atoms with E-state index in [1.807, 2.05) is 0 Å². The molecule has 2 rings (SSSR count). The van der Waals surface area contributed by atoms with Crippen LogP contribution in [0.15, 0.2) is 22.7 Å². The highest BCUT2D eigenvalue weighted by Crippen LogP contribution is 2.29. The Morgan fingerprint density at radius 1 is 1.22 bits per heavy atom. The zero-order chi connectivity index (χ0) is 13.2. The van der Waals surface area contributed by atoms with Gasteiger partial charge in [-0.25, -0.2) is 0 Å². The molecule has 0 bridgehead atoms. The van der Waals surface area contributed by atoms with Crippen molar-refractivity contribution in [3.05, 3.63) is 29.8 Å². The van der Waals surface area contributed by atoms with Crippen molar-refractivity contribution in [3.8, 4) is 11.6 Å². The van der Waals surface area contributed by atoms with Crippen molar-refractivity contribution in [2.24, 2.45) is 5.73 Å². The molecule has 0 fully saturated rings. The van der Waals surface area contributed by atoms with Gasteiger partial charge in [0.05, 0.1) is 5.56 Å². The highest BCUT2D eigenvalue weighted by molar-refractivity contribution is 5.46. The van der Waals surface area contributed by atoms with Crippen LogP contribution in [0, 0.1) is 0 Å². The Morgan fingerprint density at radius 3 is 2.56 bits per heavy atom. The van der Waals surface area contributed by atoms with Gasteiger partial charge in [-0.2, -0.15) is 13.2 Å². The molecule has 0 radical (unpaired) electrons. The van der Waals surface area contributed by atoms with Crippen molar-refractivity contribution in [2.75, 3.05) is 6.54 Å². The molecule has 2 heterocycles. The van der Waals surface area contributed by atoms with Crippen LogP contribution in [0.4, 0.5) is 13.2 Å². The van der Waals surface area contributed by atoms with Gasteiger partial charge in [-0.1, -0.05) is 0 Å². The van der Waals surface area contributed by atoms with E-state index in [0.29, 0.717) is 18.9 Å². The smallest absolute Gasteiger partial charge is 0.417 e. The second kappa shape index (κ2) is 4.73. The van der Waals surface area contributed by atoms with E-state index in [0.717, 1.165) is 12.3 Å². The number of alkyl halides is 3. The van der Waals surface area contributed by atoms with Crippen LogP contribution in [-0.2, 0) is 12.6 Å². The summed E-state index contributed by atoms with van der Waals surface area (Å²) >= 11 is 0. The maximum absolute atomic E-state index is 12.3. The lowest BCUT2D eigenvalue weighted by molar-refractivity contribution is -0.137. The first-order valence-corrected chi connectivity index (χ1v) is 5.07. The third-order valence-electron chi connectivity index (χ3n) is 2.13. The molecular weight excluding hydrogens is 249 g/mol. The lowest BCUT2D eigenvalue weighted by Gasteiger charge is -2.05. The van der Waals surface area contributed by atoms with E-state index in [1.54, 1.807) is 0 Å². The predicted molar refractivity (Wildman–Crippen MR) is 55.3 cm³/mol. The van der Waals surface area contributed by atoms with E-state index in [1.165, 1.54) is 6.07 Å². The van der Waals surface area contributed by atoms with E-state index >= 15 is 0 Å². The zero-order valence-corrected chi connectivity index (χ0v) is 9.11. The summed E-state index contributed by atoms with van der Waals surface area (Å²) < 4.78 is 42.2. The van der Waals surface area contributed by atoms with Gasteiger partial charge in [-0.3, -0.25) is 4.98 Å². The molecule has 0 aliphatic heterocycles. The number of halogens is 3. The van der Waals surface area contributed by atoms with Crippen LogP contribution >= 0.6 is 0 Å². The zero-order valence-electron chi connectivity index (χ0n) is 9.11. The molecule has 2 aromatic rings. The second-order valence-electron chi connectivity index (χ2n) is 3.47. The van der Waals surface area contributed by atoms with Crippen LogP contribution in [-0.4, -0.2) is 21.7 Å². The molecule has 2 aromatic heterocycles. The van der Waals surface area contributed by atoms with Crippen LogP contribution in [0.5, 0.6) is 0 Å². The van der Waals surface area contributed by atoms with Gasteiger partial charge < -0.3 is 10.2 Å². The molecule has 0 spiro atoms. The van der Waals surface area contributed by atoms with Gasteiger partial charge in [0.1, 0.15) is 5.69 Å². The van der Waals surface area contributed by atoms with Crippen LogP contribution in [0.3, 0.4) is 0 Å². The standard InChI is InChI=1S/C10H9F3N4O/c11-10(12,13)6-1-2-7(15-5-6)9-17-16-8(18-9)3-4-14/h1-2,5H,3-4,14H2. The molecule has 0 aromatic carbocycles. The van der Waals surface area contributed by atoms with Gasteiger partial charge in [-0.05, 0) is 12.1 Å². The van der Waals surface area contributed by atoms with Crippen molar-refractivity contribution in [2.45, 2.75) is 12.6 Å². The molecule has 0 aliphatic carbocycles. The molecule has 5 nitrogen and oxygen atoms in total. The topological polar surface area (TPSA) is 77.8 Å². The van der Waals surface area contributed by atoms with Gasteiger partial charge in [-0.15, -0.1) is 10.2 Å². The average molecular weight is 258 g/mol. The Bertz CT molecular complexity index is 521. The Hall–Kier alpha value is -1.96. The van der Waals surface area contributed by atoms with Crippen LogP contribution in [0.1, 0.15) is 11.5 Å². The molecule has 0 unspecified atom stereocenters. The average Bonchev–Trinajstić information content (AvgIpc) is 2.77. The third-order valence-corrected chi connectivity index (χ3v) is 2.13. The lowest BCUT2D eigenvalue weighted by Crippen LogP contribution is -2.05. The van der Waals surface area contributed by atoms with Crippen LogP contribution < -0.4 is 5.73 Å². The Morgan fingerprint density at radius 2 is 2.00 bits per heavy atom. The summed E-state index contributed by atoms with van der Waals surface area (Å²) in [6, 6.07) is 2.09. The van der Waals surface area contributed by atoms with E-state index < -0.39 is 11.7 Å². The minimum Gasteiger partial charge on any atom is -0.419 e. The van der Waals surface area contributed by atoms with Gasteiger partial charge in [0, 0.05) is 19.2 Å². The minimum atomic E-state index is -4.41. The minimum absolute atomic E-state index is 0.0761. The van der Waals surface area contributed by atoms with Gasteiger partial charge in [0.2, 0.25) is 5.89 Å². The summed E-state index contributed by atoms with van der Waals surface area (Å²) in [6.45, 7) is 0.349. The number of hydrogen-bond acceptors (Lipinski definition) is 5. The molecule has 0 atom stereocenters. The van der Waals surface area contributed by atoms with Crippen LogP contribution in [0.2, 0.25) is 0 Å². The van der Waals surface area contributed by atoms with Gasteiger partial charge >= 0.3 is 6.18 Å². The molecule has 96 valence electrons. The molecule has 0 amide bonds. The SMILES string of the molecule is NCCc1nnc(-c2ccc(C(F)(F)F)cn2)o1. The number of pyridine rings is 1. The van der Waals surface area contributed by atoms with E-state index in [-0.39, 0.29) is 11.6 Å². The predicted octanol–water partition coefficient (Wildman–Crippen LogP) is 1.65. The molecule has 18 heavy (non-hydrogen) atoms. The van der Waals surface area contributed by atoms with Crippen molar-refractivity contribution < 1.29 is 17.6 Å². The number of aromatic nitrogens is 3. The van der Waals surface area contributed by atoms with Crippen LogP contribution in [0.25, 0.3) is 11.6 Å². The molecule has 0 aliphatic rings. The summed E-state index contributed by atoms with van der Waals surface area (Å²) in [5.41, 5.74) is 4.68. The summed E-state index contributed by atoms with van der Waals surface area (Å²) in [5, 5.41) is 7.38. The number of rotatable bonds is 3. The fourth-order valence-electron chi connectivity index (χ4n) is 1.27. The van der Waals surface area contributed by atoms with Gasteiger partial charge in [0.25, 0.3) is 5.89 Å². The number of hydrogen-bond donors (Lipinski definition) is 1. The quantitative estimate of drug-likeness (QED) is 0.905. The first-order valence-electron chi connectivity index (χ1n) is 5.07. The number of nitrogens with two attached hydrogens (primary N) is 1. The van der Waals surface area contributed by atoms with E-state index in [2.05, 4.69) is 15.2 Å². The van der Waals surface area contributed by atoms with Crippen molar-refractivity contribution in [1.29, 1.82) is 0 Å². The molecule has 8 heteroatoms. The maximum atomic E-state index is 12.3.